The van der Waals surface area contributed by atoms with E-state index < -0.39 is 0 Å². The first-order chi connectivity index (χ1) is 7.34. The van der Waals surface area contributed by atoms with Crippen molar-refractivity contribution in [2.24, 2.45) is 0 Å². The molecule has 0 saturated heterocycles. The van der Waals surface area contributed by atoms with Crippen LogP contribution in [0.3, 0.4) is 0 Å². The molecule has 1 fully saturated rings. The smallest absolute Gasteiger partial charge is 0.252 e. The lowest BCUT2D eigenvalue weighted by Gasteiger charge is -2.00. The Hall–Kier alpha value is -1.35. The Bertz CT molecular complexity index is 513. The van der Waals surface area contributed by atoms with Crippen molar-refractivity contribution in [2.45, 2.75) is 18.9 Å². The Morgan fingerprint density at radius 1 is 1.33 bits per heavy atom. The van der Waals surface area contributed by atoms with E-state index in [-0.39, 0.29) is 5.91 Å². The molecule has 2 aromatic rings. The van der Waals surface area contributed by atoms with E-state index in [2.05, 4.69) is 5.32 Å². The lowest BCUT2D eigenvalue weighted by molar-refractivity contribution is 0.0953. The molecule has 3 heteroatoms. The van der Waals surface area contributed by atoms with Gasteiger partial charge < -0.3 is 5.32 Å². The molecule has 0 unspecified atom stereocenters. The predicted molar refractivity (Wildman–Crippen MR) is 62.3 cm³/mol. The third-order valence-corrected chi connectivity index (χ3v) is 3.60. The highest BCUT2D eigenvalue weighted by Gasteiger charge is 2.24. The van der Waals surface area contributed by atoms with Crippen LogP contribution in [0.25, 0.3) is 10.1 Å². The van der Waals surface area contributed by atoms with Crippen LogP contribution in [-0.2, 0) is 0 Å². The summed E-state index contributed by atoms with van der Waals surface area (Å²) < 4.78 is 1.18. The average Bonchev–Trinajstić information content (AvgIpc) is 2.96. The number of hydrogen-bond acceptors (Lipinski definition) is 2. The van der Waals surface area contributed by atoms with Crippen LogP contribution >= 0.6 is 11.3 Å². The van der Waals surface area contributed by atoms with Crippen LogP contribution in [0, 0.1) is 0 Å². The van der Waals surface area contributed by atoms with Gasteiger partial charge in [0.15, 0.2) is 0 Å². The predicted octanol–water partition coefficient (Wildman–Crippen LogP) is 2.79. The summed E-state index contributed by atoms with van der Waals surface area (Å²) in [7, 11) is 0. The normalized spacial score (nSPS) is 15.5. The van der Waals surface area contributed by atoms with E-state index in [4.69, 9.17) is 0 Å². The van der Waals surface area contributed by atoms with Crippen molar-refractivity contribution < 1.29 is 4.79 Å². The van der Waals surface area contributed by atoms with Crippen molar-refractivity contribution in [3.8, 4) is 0 Å². The zero-order valence-corrected chi connectivity index (χ0v) is 9.01. The lowest BCUT2D eigenvalue weighted by Crippen LogP contribution is -2.24. The van der Waals surface area contributed by atoms with Crippen molar-refractivity contribution in [3.63, 3.8) is 0 Å². The van der Waals surface area contributed by atoms with E-state index in [0.717, 1.165) is 23.8 Å². The molecule has 1 aliphatic carbocycles. The third kappa shape index (κ3) is 1.63. The highest BCUT2D eigenvalue weighted by molar-refractivity contribution is 7.17. The summed E-state index contributed by atoms with van der Waals surface area (Å²) >= 11 is 1.63. The molecule has 0 aliphatic heterocycles. The molecule has 2 nitrogen and oxygen atoms in total. The standard InChI is InChI=1S/C12H11NOS/c14-12(13-8-5-6-8)10-7-15-11-4-2-1-3-9(10)11/h1-4,7-8H,5-6H2,(H,13,14). The Morgan fingerprint density at radius 2 is 2.13 bits per heavy atom. The number of carbonyl (C=O) groups is 1. The minimum atomic E-state index is 0.0787. The number of carbonyl (C=O) groups excluding carboxylic acids is 1. The summed E-state index contributed by atoms with van der Waals surface area (Å²) in [5.74, 6) is 0.0787. The van der Waals surface area contributed by atoms with Gasteiger partial charge in [0.25, 0.3) is 5.91 Å². The van der Waals surface area contributed by atoms with E-state index in [1.807, 2.05) is 29.6 Å². The summed E-state index contributed by atoms with van der Waals surface area (Å²) in [6.07, 6.45) is 2.27. The van der Waals surface area contributed by atoms with E-state index in [1.165, 1.54) is 4.70 Å². The van der Waals surface area contributed by atoms with Crippen LogP contribution in [0.5, 0.6) is 0 Å². The van der Waals surface area contributed by atoms with Gasteiger partial charge in [0.1, 0.15) is 0 Å². The van der Waals surface area contributed by atoms with Gasteiger partial charge in [-0.15, -0.1) is 11.3 Å². The highest BCUT2D eigenvalue weighted by Crippen LogP contribution is 2.26. The molecule has 1 aromatic carbocycles. The molecule has 0 bridgehead atoms. The molecular formula is C12H11NOS. The summed E-state index contributed by atoms with van der Waals surface area (Å²) in [6.45, 7) is 0. The van der Waals surface area contributed by atoms with Crippen molar-refractivity contribution in [1.82, 2.24) is 5.32 Å². The van der Waals surface area contributed by atoms with Crippen LogP contribution in [0.1, 0.15) is 23.2 Å². The summed E-state index contributed by atoms with van der Waals surface area (Å²) in [5.41, 5.74) is 0.822. The third-order valence-electron chi connectivity index (χ3n) is 2.64. The molecule has 0 atom stereocenters. The highest BCUT2D eigenvalue weighted by atomic mass is 32.1. The number of nitrogens with one attached hydrogen (secondary N) is 1. The SMILES string of the molecule is O=C(NC1CC1)c1csc2ccccc12. The minimum absolute atomic E-state index is 0.0787. The van der Waals surface area contributed by atoms with E-state index >= 15 is 0 Å². The maximum Gasteiger partial charge on any atom is 0.252 e. The number of thiophene rings is 1. The molecule has 1 amide bonds. The Morgan fingerprint density at radius 3 is 2.93 bits per heavy atom. The first-order valence-corrected chi connectivity index (χ1v) is 5.99. The van der Waals surface area contributed by atoms with Gasteiger partial charge in [-0.05, 0) is 18.9 Å². The fraction of sp³-hybridized carbons (Fsp3) is 0.250. The van der Waals surface area contributed by atoms with Crippen molar-refractivity contribution in [1.29, 1.82) is 0 Å². The minimum Gasteiger partial charge on any atom is -0.349 e. The average molecular weight is 217 g/mol. The van der Waals surface area contributed by atoms with Gasteiger partial charge >= 0.3 is 0 Å². The fourth-order valence-corrected chi connectivity index (χ4v) is 2.59. The maximum absolute atomic E-state index is 11.9. The van der Waals surface area contributed by atoms with Gasteiger partial charge in [-0.1, -0.05) is 18.2 Å². The van der Waals surface area contributed by atoms with Crippen molar-refractivity contribution in [2.75, 3.05) is 0 Å². The summed E-state index contributed by atoms with van der Waals surface area (Å²) in [6, 6.07) is 8.46. The van der Waals surface area contributed by atoms with Crippen LogP contribution in [0.4, 0.5) is 0 Å². The molecule has 1 heterocycles. The Kier molecular flexibility index (Phi) is 1.99. The van der Waals surface area contributed by atoms with Gasteiger partial charge in [-0.3, -0.25) is 4.79 Å². The number of hydrogen-bond donors (Lipinski definition) is 1. The van der Waals surface area contributed by atoms with E-state index in [0.29, 0.717) is 6.04 Å². The summed E-state index contributed by atoms with van der Waals surface area (Å²) in [5, 5.41) is 6.03. The van der Waals surface area contributed by atoms with Crippen LogP contribution < -0.4 is 5.32 Å². The molecule has 0 radical (unpaired) electrons. The molecule has 76 valence electrons. The van der Waals surface area contributed by atoms with Gasteiger partial charge in [-0.25, -0.2) is 0 Å². The first-order valence-electron chi connectivity index (χ1n) is 5.12. The second-order valence-electron chi connectivity index (χ2n) is 3.89. The van der Waals surface area contributed by atoms with Crippen molar-refractivity contribution in [3.05, 3.63) is 35.2 Å². The van der Waals surface area contributed by atoms with Crippen molar-refractivity contribution >= 4 is 27.3 Å². The number of amides is 1. The van der Waals surface area contributed by atoms with Gasteiger partial charge in [0, 0.05) is 21.5 Å². The topological polar surface area (TPSA) is 29.1 Å². The monoisotopic (exact) mass is 217 g/mol. The number of fused-ring (bicyclic) bond motifs is 1. The maximum atomic E-state index is 11.9. The molecular weight excluding hydrogens is 206 g/mol. The van der Waals surface area contributed by atoms with Gasteiger partial charge in [0.2, 0.25) is 0 Å². The fourth-order valence-electron chi connectivity index (χ4n) is 1.64. The number of rotatable bonds is 2. The second kappa shape index (κ2) is 3.35. The zero-order chi connectivity index (χ0) is 10.3. The van der Waals surface area contributed by atoms with Gasteiger partial charge in [-0.2, -0.15) is 0 Å². The van der Waals surface area contributed by atoms with Crippen LogP contribution in [0.15, 0.2) is 29.6 Å². The molecule has 3 rings (SSSR count). The first kappa shape index (κ1) is 8.92. The van der Waals surface area contributed by atoms with Crippen LogP contribution in [-0.4, -0.2) is 11.9 Å². The molecule has 0 spiro atoms. The van der Waals surface area contributed by atoms with Crippen LogP contribution in [0.2, 0.25) is 0 Å². The zero-order valence-electron chi connectivity index (χ0n) is 8.19. The van der Waals surface area contributed by atoms with E-state index in [9.17, 15) is 4.79 Å². The number of benzene rings is 1. The van der Waals surface area contributed by atoms with E-state index in [1.54, 1.807) is 11.3 Å². The molecule has 1 saturated carbocycles. The summed E-state index contributed by atoms with van der Waals surface area (Å²) in [4.78, 5) is 11.9. The molecule has 1 N–H and O–H groups in total. The molecule has 15 heavy (non-hydrogen) atoms. The quantitative estimate of drug-likeness (QED) is 0.823. The molecule has 1 aliphatic rings. The lowest BCUT2D eigenvalue weighted by atomic mass is 10.1. The Labute approximate surface area is 91.9 Å². The molecule has 1 aromatic heterocycles. The largest absolute Gasteiger partial charge is 0.349 e. The second-order valence-corrected chi connectivity index (χ2v) is 4.80. The Balaban J connectivity index is 1.98. The van der Waals surface area contributed by atoms with Gasteiger partial charge in [0.05, 0.1) is 5.56 Å².